The van der Waals surface area contributed by atoms with Crippen molar-refractivity contribution in [2.24, 2.45) is 0 Å². The number of alkyl halides is 2. The van der Waals surface area contributed by atoms with Gasteiger partial charge in [0.2, 0.25) is 0 Å². The number of halogens is 3. The van der Waals surface area contributed by atoms with Gasteiger partial charge in [-0.2, -0.15) is 8.78 Å². The van der Waals surface area contributed by atoms with E-state index in [2.05, 4.69) is 36.0 Å². The van der Waals surface area contributed by atoms with Gasteiger partial charge in [-0.1, -0.05) is 0 Å². The van der Waals surface area contributed by atoms with Crippen LogP contribution in [0.25, 0.3) is 0 Å². The lowest BCUT2D eigenvalue weighted by Gasteiger charge is -2.11. The molecule has 0 aliphatic heterocycles. The van der Waals surface area contributed by atoms with Crippen molar-refractivity contribution in [1.82, 2.24) is 9.97 Å². The molecule has 0 aliphatic carbocycles. The molecule has 2 aromatic heterocycles. The predicted molar refractivity (Wildman–Crippen MR) is 70.1 cm³/mol. The Hall–Kier alpha value is -1.76. The number of hydrogen-bond acceptors (Lipinski definition) is 4. The van der Waals surface area contributed by atoms with Gasteiger partial charge in [-0.3, -0.25) is 4.98 Å². The molecule has 0 spiro atoms. The van der Waals surface area contributed by atoms with Crippen molar-refractivity contribution >= 4 is 21.7 Å². The average molecular weight is 330 g/mol. The Kier molecular flexibility index (Phi) is 4.62. The van der Waals surface area contributed by atoms with Gasteiger partial charge < -0.3 is 10.1 Å². The molecule has 4 nitrogen and oxygen atoms in total. The van der Waals surface area contributed by atoms with Crippen LogP contribution in [0.15, 0.2) is 41.3 Å². The summed E-state index contributed by atoms with van der Waals surface area (Å²) in [6, 6.07) is 4.83. The van der Waals surface area contributed by atoms with E-state index in [1.807, 2.05) is 6.07 Å². The first kappa shape index (κ1) is 13.7. The second-order valence-electron chi connectivity index (χ2n) is 3.59. The normalized spacial score (nSPS) is 10.5. The Morgan fingerprint density at radius 2 is 2.21 bits per heavy atom. The zero-order valence-corrected chi connectivity index (χ0v) is 11.3. The number of anilines is 1. The van der Waals surface area contributed by atoms with Gasteiger partial charge in [0.1, 0.15) is 0 Å². The van der Waals surface area contributed by atoms with Crippen LogP contribution in [0.3, 0.4) is 0 Å². The minimum Gasteiger partial charge on any atom is -0.431 e. The fraction of sp³-hybridized carbons (Fsp3) is 0.167. The van der Waals surface area contributed by atoms with Crippen molar-refractivity contribution < 1.29 is 13.5 Å². The van der Waals surface area contributed by atoms with Gasteiger partial charge >= 0.3 is 6.61 Å². The van der Waals surface area contributed by atoms with Crippen LogP contribution in [-0.4, -0.2) is 16.6 Å². The lowest BCUT2D eigenvalue weighted by molar-refractivity contribution is -0.0495. The van der Waals surface area contributed by atoms with E-state index >= 15 is 0 Å². The first-order valence-corrected chi connectivity index (χ1v) is 6.17. The minimum absolute atomic E-state index is 0.0143. The zero-order valence-electron chi connectivity index (χ0n) is 9.69. The lowest BCUT2D eigenvalue weighted by Crippen LogP contribution is -2.08. The monoisotopic (exact) mass is 329 g/mol. The maximum Gasteiger partial charge on any atom is 0.387 e. The van der Waals surface area contributed by atoms with Crippen LogP contribution in [0.1, 0.15) is 5.56 Å². The van der Waals surface area contributed by atoms with Gasteiger partial charge in [0, 0.05) is 29.6 Å². The summed E-state index contributed by atoms with van der Waals surface area (Å²) in [6.07, 6.45) is 4.84. The number of hydrogen-bond donors (Lipinski definition) is 1. The van der Waals surface area contributed by atoms with E-state index in [-0.39, 0.29) is 11.6 Å². The number of pyridine rings is 2. The molecule has 7 heteroatoms. The first-order chi connectivity index (χ1) is 9.15. The van der Waals surface area contributed by atoms with E-state index in [1.165, 1.54) is 18.3 Å². The molecule has 0 bridgehead atoms. The molecular formula is C12H10BrF2N3O. The third-order valence-corrected chi connectivity index (χ3v) is 2.64. The standard InChI is InChI=1S/C12H10BrF2N3O/c13-9-4-8(5-16-7-9)6-18-11-10(19-12(14)15)2-1-3-17-11/h1-5,7,12H,6H2,(H,17,18). The van der Waals surface area contributed by atoms with Crippen LogP contribution in [0.2, 0.25) is 0 Å². The summed E-state index contributed by atoms with van der Waals surface area (Å²) < 4.78 is 29.7. The van der Waals surface area contributed by atoms with Crippen LogP contribution >= 0.6 is 15.9 Å². The smallest absolute Gasteiger partial charge is 0.387 e. The van der Waals surface area contributed by atoms with Crippen LogP contribution in [0, 0.1) is 0 Å². The lowest BCUT2D eigenvalue weighted by atomic mass is 10.3. The highest BCUT2D eigenvalue weighted by Gasteiger charge is 2.09. The molecule has 2 rings (SSSR count). The highest BCUT2D eigenvalue weighted by Crippen LogP contribution is 2.23. The van der Waals surface area contributed by atoms with E-state index in [0.29, 0.717) is 6.54 Å². The Balaban J connectivity index is 2.07. The van der Waals surface area contributed by atoms with Gasteiger partial charge in [-0.25, -0.2) is 4.98 Å². The molecule has 2 aromatic rings. The van der Waals surface area contributed by atoms with Crippen LogP contribution in [0.5, 0.6) is 5.75 Å². The van der Waals surface area contributed by atoms with Gasteiger partial charge in [-0.15, -0.1) is 0 Å². The fourth-order valence-electron chi connectivity index (χ4n) is 1.45. The fourth-order valence-corrected chi connectivity index (χ4v) is 1.86. The molecule has 0 aliphatic rings. The van der Waals surface area contributed by atoms with Crippen molar-refractivity contribution in [3.05, 3.63) is 46.8 Å². The maximum absolute atomic E-state index is 12.2. The van der Waals surface area contributed by atoms with Crippen molar-refractivity contribution in [3.63, 3.8) is 0 Å². The first-order valence-electron chi connectivity index (χ1n) is 5.38. The SMILES string of the molecule is FC(F)Oc1cccnc1NCc1cncc(Br)c1. The van der Waals surface area contributed by atoms with Crippen LogP contribution in [0.4, 0.5) is 14.6 Å². The Morgan fingerprint density at radius 3 is 2.95 bits per heavy atom. The van der Waals surface area contributed by atoms with E-state index in [1.54, 1.807) is 12.4 Å². The Bertz CT molecular complexity index is 554. The number of aromatic nitrogens is 2. The molecule has 0 atom stereocenters. The number of rotatable bonds is 5. The topological polar surface area (TPSA) is 47.0 Å². The molecule has 0 saturated heterocycles. The summed E-state index contributed by atoms with van der Waals surface area (Å²) in [6.45, 7) is -2.47. The predicted octanol–water partition coefficient (Wildman–Crippen LogP) is 3.45. The third kappa shape index (κ3) is 4.13. The molecule has 0 amide bonds. The van der Waals surface area contributed by atoms with E-state index in [9.17, 15) is 8.78 Å². The maximum atomic E-state index is 12.2. The molecule has 19 heavy (non-hydrogen) atoms. The van der Waals surface area contributed by atoms with Crippen LogP contribution < -0.4 is 10.1 Å². The van der Waals surface area contributed by atoms with Gasteiger partial charge in [0.15, 0.2) is 11.6 Å². The second kappa shape index (κ2) is 6.42. The third-order valence-electron chi connectivity index (χ3n) is 2.21. The van der Waals surface area contributed by atoms with Gasteiger partial charge in [0.25, 0.3) is 0 Å². The number of ether oxygens (including phenoxy) is 1. The summed E-state index contributed by atoms with van der Waals surface area (Å²) in [5.74, 6) is 0.281. The molecular weight excluding hydrogens is 320 g/mol. The highest BCUT2D eigenvalue weighted by molar-refractivity contribution is 9.10. The molecule has 1 N–H and O–H groups in total. The molecule has 0 fully saturated rings. The highest BCUT2D eigenvalue weighted by atomic mass is 79.9. The van der Waals surface area contributed by atoms with Crippen molar-refractivity contribution in [1.29, 1.82) is 0 Å². The number of nitrogens with one attached hydrogen (secondary N) is 1. The summed E-state index contributed by atoms with van der Waals surface area (Å²) >= 11 is 3.31. The van der Waals surface area contributed by atoms with Crippen LogP contribution in [-0.2, 0) is 6.54 Å². The summed E-state index contributed by atoms with van der Waals surface area (Å²) in [5, 5.41) is 2.93. The van der Waals surface area contributed by atoms with Gasteiger partial charge in [-0.05, 0) is 39.7 Å². The summed E-state index contributed by atoms with van der Waals surface area (Å²) in [4.78, 5) is 7.98. The summed E-state index contributed by atoms with van der Waals surface area (Å²) in [7, 11) is 0. The van der Waals surface area contributed by atoms with E-state index < -0.39 is 6.61 Å². The quantitative estimate of drug-likeness (QED) is 0.912. The molecule has 2 heterocycles. The molecule has 0 unspecified atom stereocenters. The second-order valence-corrected chi connectivity index (χ2v) is 4.51. The Labute approximate surface area is 117 Å². The molecule has 0 radical (unpaired) electrons. The number of nitrogens with zero attached hydrogens (tertiary/aromatic N) is 2. The van der Waals surface area contributed by atoms with Gasteiger partial charge in [0.05, 0.1) is 0 Å². The van der Waals surface area contributed by atoms with Crippen molar-refractivity contribution in [3.8, 4) is 5.75 Å². The summed E-state index contributed by atoms with van der Waals surface area (Å²) in [5.41, 5.74) is 0.892. The Morgan fingerprint density at radius 1 is 1.37 bits per heavy atom. The molecule has 0 saturated carbocycles. The largest absolute Gasteiger partial charge is 0.431 e. The van der Waals surface area contributed by atoms with Crippen molar-refractivity contribution in [2.75, 3.05) is 5.32 Å². The van der Waals surface area contributed by atoms with E-state index in [0.717, 1.165) is 10.0 Å². The van der Waals surface area contributed by atoms with Crippen molar-refractivity contribution in [2.45, 2.75) is 13.2 Å². The average Bonchev–Trinajstić information content (AvgIpc) is 2.37. The molecule has 100 valence electrons. The molecule has 0 aromatic carbocycles. The van der Waals surface area contributed by atoms with E-state index in [4.69, 9.17) is 0 Å². The minimum atomic E-state index is -2.88. The zero-order chi connectivity index (χ0) is 13.7.